The van der Waals surface area contributed by atoms with E-state index in [1.54, 1.807) is 0 Å². The molecule has 2 saturated carbocycles. The largest absolute Gasteiger partial charge is 0.313 e. The molecule has 0 aromatic rings. The van der Waals surface area contributed by atoms with Crippen molar-refractivity contribution in [1.82, 2.24) is 10.2 Å². The van der Waals surface area contributed by atoms with Crippen molar-refractivity contribution < 1.29 is 0 Å². The van der Waals surface area contributed by atoms with E-state index in [0.29, 0.717) is 11.0 Å². The lowest BCUT2D eigenvalue weighted by molar-refractivity contribution is 0.0701. The van der Waals surface area contributed by atoms with Crippen LogP contribution in [0.2, 0.25) is 0 Å². The van der Waals surface area contributed by atoms with Gasteiger partial charge in [-0.3, -0.25) is 0 Å². The van der Waals surface area contributed by atoms with Gasteiger partial charge in [-0.15, -0.1) is 0 Å². The number of nitrogens with one attached hydrogen (secondary N) is 1. The fourth-order valence-electron chi connectivity index (χ4n) is 3.50. The summed E-state index contributed by atoms with van der Waals surface area (Å²) in [6.07, 6.45) is 12.7. The molecule has 2 heteroatoms. The van der Waals surface area contributed by atoms with Gasteiger partial charge in [-0.1, -0.05) is 32.6 Å². The van der Waals surface area contributed by atoms with Crippen LogP contribution in [-0.2, 0) is 0 Å². The number of rotatable bonds is 7. The van der Waals surface area contributed by atoms with Gasteiger partial charge in [0.1, 0.15) is 0 Å². The van der Waals surface area contributed by atoms with Crippen LogP contribution in [0, 0.1) is 5.41 Å². The molecule has 2 nitrogen and oxygen atoms in total. The molecule has 0 heterocycles. The lowest BCUT2D eigenvalue weighted by Gasteiger charge is -2.43. The molecule has 0 saturated heterocycles. The van der Waals surface area contributed by atoms with Gasteiger partial charge in [-0.2, -0.15) is 0 Å². The van der Waals surface area contributed by atoms with Gasteiger partial charge in [0.15, 0.2) is 0 Å². The van der Waals surface area contributed by atoms with Crippen LogP contribution in [0.4, 0.5) is 0 Å². The third kappa shape index (κ3) is 4.46. The van der Waals surface area contributed by atoms with E-state index in [1.807, 2.05) is 0 Å². The van der Waals surface area contributed by atoms with Gasteiger partial charge in [-0.25, -0.2) is 0 Å². The average Bonchev–Trinajstić information content (AvgIpc) is 3.24. The highest BCUT2D eigenvalue weighted by Gasteiger charge is 2.36. The van der Waals surface area contributed by atoms with E-state index in [1.165, 1.54) is 70.9 Å². The summed E-state index contributed by atoms with van der Waals surface area (Å²) in [6, 6.07) is 0.847. The normalized spacial score (nSPS) is 23.9. The zero-order chi connectivity index (χ0) is 14.6. The number of hydrogen-bond acceptors (Lipinski definition) is 2. The molecule has 0 aliphatic heterocycles. The smallest absolute Gasteiger partial charge is 0.0147 e. The van der Waals surface area contributed by atoms with Crippen LogP contribution in [0.3, 0.4) is 0 Å². The van der Waals surface area contributed by atoms with E-state index in [0.717, 1.165) is 6.04 Å². The van der Waals surface area contributed by atoms with Gasteiger partial charge >= 0.3 is 0 Å². The van der Waals surface area contributed by atoms with Crippen LogP contribution in [0.25, 0.3) is 0 Å². The molecule has 0 aromatic heterocycles. The molecule has 20 heavy (non-hydrogen) atoms. The first-order chi connectivity index (χ1) is 9.47. The van der Waals surface area contributed by atoms with Crippen molar-refractivity contribution in [2.75, 3.05) is 20.1 Å². The van der Waals surface area contributed by atoms with Crippen LogP contribution < -0.4 is 5.32 Å². The molecule has 118 valence electrons. The third-order valence-electron chi connectivity index (χ3n) is 5.98. The first-order valence-corrected chi connectivity index (χ1v) is 8.92. The van der Waals surface area contributed by atoms with Crippen LogP contribution in [0.15, 0.2) is 0 Å². The summed E-state index contributed by atoms with van der Waals surface area (Å²) in [4.78, 5) is 2.63. The SMILES string of the molecule is CCC(C)(C)N(C)CC1(CNC2CC2)CCCCCC1. The highest BCUT2D eigenvalue weighted by molar-refractivity contribution is 4.92. The van der Waals surface area contributed by atoms with Gasteiger partial charge in [0.05, 0.1) is 0 Å². The zero-order valence-electron chi connectivity index (χ0n) is 14.3. The van der Waals surface area contributed by atoms with Crippen molar-refractivity contribution in [2.24, 2.45) is 5.41 Å². The zero-order valence-corrected chi connectivity index (χ0v) is 14.3. The maximum absolute atomic E-state index is 3.84. The Morgan fingerprint density at radius 2 is 1.70 bits per heavy atom. The minimum Gasteiger partial charge on any atom is -0.313 e. The standard InChI is InChI=1S/C18H36N2/c1-5-17(2,3)20(4)15-18(14-19-16-10-11-16)12-8-6-7-9-13-18/h16,19H,5-15H2,1-4H3. The Balaban J connectivity index is 1.99. The summed E-state index contributed by atoms with van der Waals surface area (Å²) in [7, 11) is 2.34. The first kappa shape index (κ1) is 16.3. The molecule has 0 aromatic carbocycles. The van der Waals surface area contributed by atoms with E-state index >= 15 is 0 Å². The minimum absolute atomic E-state index is 0.332. The lowest BCUT2D eigenvalue weighted by Crippen LogP contribution is -2.50. The minimum atomic E-state index is 0.332. The monoisotopic (exact) mass is 280 g/mol. The Labute approximate surface area is 126 Å². The van der Waals surface area contributed by atoms with Crippen molar-refractivity contribution in [3.8, 4) is 0 Å². The molecule has 0 bridgehead atoms. The summed E-state index contributed by atoms with van der Waals surface area (Å²) < 4.78 is 0. The van der Waals surface area contributed by atoms with Gasteiger partial charge < -0.3 is 10.2 Å². The van der Waals surface area contributed by atoms with Crippen LogP contribution in [0.1, 0.15) is 78.6 Å². The Kier molecular flexibility index (Phi) is 5.53. The molecule has 2 aliphatic carbocycles. The van der Waals surface area contributed by atoms with E-state index < -0.39 is 0 Å². The Bertz CT molecular complexity index is 286. The predicted octanol–water partition coefficient (Wildman–Crippen LogP) is 4.20. The van der Waals surface area contributed by atoms with Crippen LogP contribution in [-0.4, -0.2) is 36.6 Å². The highest BCUT2D eigenvalue weighted by Crippen LogP contribution is 2.37. The summed E-state index contributed by atoms with van der Waals surface area (Å²) in [5.41, 5.74) is 0.860. The fourth-order valence-corrected chi connectivity index (χ4v) is 3.50. The van der Waals surface area contributed by atoms with Crippen molar-refractivity contribution in [1.29, 1.82) is 0 Å². The van der Waals surface area contributed by atoms with Crippen molar-refractivity contribution in [3.05, 3.63) is 0 Å². The first-order valence-electron chi connectivity index (χ1n) is 8.92. The number of nitrogens with zero attached hydrogens (tertiary/aromatic N) is 1. The second-order valence-corrected chi connectivity index (χ2v) is 8.09. The van der Waals surface area contributed by atoms with Gasteiger partial charge in [0.2, 0.25) is 0 Å². The second kappa shape index (κ2) is 6.79. The molecule has 2 fully saturated rings. The molecule has 0 atom stereocenters. The van der Waals surface area contributed by atoms with Crippen molar-refractivity contribution >= 4 is 0 Å². The van der Waals surface area contributed by atoms with E-state index in [-0.39, 0.29) is 0 Å². The lowest BCUT2D eigenvalue weighted by atomic mass is 9.78. The second-order valence-electron chi connectivity index (χ2n) is 8.09. The molecule has 1 N–H and O–H groups in total. The molecule has 0 amide bonds. The van der Waals surface area contributed by atoms with Crippen molar-refractivity contribution in [2.45, 2.75) is 90.1 Å². The number of hydrogen-bond donors (Lipinski definition) is 1. The average molecular weight is 280 g/mol. The van der Waals surface area contributed by atoms with E-state index in [2.05, 4.69) is 38.0 Å². The molecule has 0 radical (unpaired) electrons. The Morgan fingerprint density at radius 3 is 2.20 bits per heavy atom. The molecule has 0 unspecified atom stereocenters. The molecular weight excluding hydrogens is 244 g/mol. The van der Waals surface area contributed by atoms with Gasteiger partial charge in [-0.05, 0) is 58.4 Å². The van der Waals surface area contributed by atoms with E-state index in [9.17, 15) is 0 Å². The summed E-state index contributed by atoms with van der Waals surface area (Å²) in [5, 5.41) is 3.84. The predicted molar refractivity (Wildman–Crippen MR) is 88.2 cm³/mol. The molecule has 2 rings (SSSR count). The summed E-state index contributed by atoms with van der Waals surface area (Å²) >= 11 is 0. The van der Waals surface area contributed by atoms with Gasteiger partial charge in [0, 0.05) is 24.7 Å². The highest BCUT2D eigenvalue weighted by atomic mass is 15.2. The van der Waals surface area contributed by atoms with Gasteiger partial charge in [0.25, 0.3) is 0 Å². The maximum atomic E-state index is 3.84. The maximum Gasteiger partial charge on any atom is 0.0147 e. The fraction of sp³-hybridized carbons (Fsp3) is 1.00. The van der Waals surface area contributed by atoms with Crippen molar-refractivity contribution in [3.63, 3.8) is 0 Å². The van der Waals surface area contributed by atoms with E-state index in [4.69, 9.17) is 0 Å². The quantitative estimate of drug-likeness (QED) is 0.703. The topological polar surface area (TPSA) is 15.3 Å². The molecular formula is C18H36N2. The third-order valence-corrected chi connectivity index (χ3v) is 5.98. The Hall–Kier alpha value is -0.0800. The summed E-state index contributed by atoms with van der Waals surface area (Å²) in [6.45, 7) is 9.63. The Morgan fingerprint density at radius 1 is 1.10 bits per heavy atom. The van der Waals surface area contributed by atoms with Crippen LogP contribution in [0.5, 0.6) is 0 Å². The van der Waals surface area contributed by atoms with Crippen LogP contribution >= 0.6 is 0 Å². The summed E-state index contributed by atoms with van der Waals surface area (Å²) in [5.74, 6) is 0. The molecule has 2 aliphatic rings. The molecule has 0 spiro atoms.